The number of primary amides is 1. The van der Waals surface area contributed by atoms with Crippen molar-refractivity contribution in [2.75, 3.05) is 37.6 Å². The average Bonchev–Trinajstić information content (AvgIpc) is 3.40. The Bertz CT molecular complexity index is 1410. The van der Waals surface area contributed by atoms with Crippen molar-refractivity contribution in [1.82, 2.24) is 9.47 Å². The number of anilines is 1. The zero-order chi connectivity index (χ0) is 24.4. The summed E-state index contributed by atoms with van der Waals surface area (Å²) in [5, 5.41) is 11.3. The molecule has 0 bridgehead atoms. The van der Waals surface area contributed by atoms with E-state index in [2.05, 4.69) is 39.7 Å². The molecular weight excluding hydrogens is 442 g/mol. The SMILES string of the molecule is Cn1cc(CCCCN2CCN(c3ccc4oc(OC(N)=O)cc4c3)CC2)c2cc(C#N)ccc21. The third kappa shape index (κ3) is 4.96. The minimum absolute atomic E-state index is 0.114. The number of nitrogens with two attached hydrogens (primary N) is 1. The molecule has 180 valence electrons. The van der Waals surface area contributed by atoms with Crippen molar-refractivity contribution in [2.24, 2.45) is 12.8 Å². The summed E-state index contributed by atoms with van der Waals surface area (Å²) < 4.78 is 12.5. The summed E-state index contributed by atoms with van der Waals surface area (Å²) in [5.74, 6) is 0.114. The average molecular weight is 472 g/mol. The van der Waals surface area contributed by atoms with Crippen LogP contribution in [-0.4, -0.2) is 48.3 Å². The molecule has 1 aliphatic heterocycles. The van der Waals surface area contributed by atoms with Gasteiger partial charge in [-0.15, -0.1) is 0 Å². The molecular formula is C27H29N5O3. The van der Waals surface area contributed by atoms with Gasteiger partial charge >= 0.3 is 6.09 Å². The van der Waals surface area contributed by atoms with Gasteiger partial charge in [0.2, 0.25) is 0 Å². The first kappa shape index (κ1) is 22.8. The van der Waals surface area contributed by atoms with Crippen LogP contribution in [0.5, 0.6) is 5.95 Å². The molecule has 0 saturated carbocycles. The molecule has 8 heteroatoms. The largest absolute Gasteiger partial charge is 0.425 e. The van der Waals surface area contributed by atoms with Crippen molar-refractivity contribution in [3.63, 3.8) is 0 Å². The number of rotatable bonds is 7. The molecule has 3 heterocycles. The quantitative estimate of drug-likeness (QED) is 0.401. The van der Waals surface area contributed by atoms with E-state index in [1.165, 1.54) is 16.5 Å². The molecule has 0 unspecified atom stereocenters. The van der Waals surface area contributed by atoms with Crippen molar-refractivity contribution in [3.8, 4) is 12.0 Å². The Morgan fingerprint density at radius 1 is 1.11 bits per heavy atom. The number of hydrogen-bond acceptors (Lipinski definition) is 6. The summed E-state index contributed by atoms with van der Waals surface area (Å²) in [4.78, 5) is 15.9. The van der Waals surface area contributed by atoms with Crippen LogP contribution in [-0.2, 0) is 13.5 Å². The standard InChI is InChI=1S/C27H29N5O3/c1-30-18-20(23-14-19(17-28)5-7-24(23)30)4-2-3-9-31-10-12-32(13-11-31)22-6-8-25-21(15-22)16-26(34-25)35-27(29)33/h5-8,14-16,18H,2-4,9-13H2,1H3,(H2,29,33). The Hall–Kier alpha value is -3.96. The van der Waals surface area contributed by atoms with E-state index in [-0.39, 0.29) is 5.95 Å². The van der Waals surface area contributed by atoms with Crippen LogP contribution in [0, 0.1) is 11.3 Å². The van der Waals surface area contributed by atoms with Crippen LogP contribution in [0.3, 0.4) is 0 Å². The highest BCUT2D eigenvalue weighted by atomic mass is 16.6. The van der Waals surface area contributed by atoms with Crippen LogP contribution in [0.15, 0.2) is 53.1 Å². The van der Waals surface area contributed by atoms with E-state index in [1.54, 1.807) is 6.07 Å². The Kier molecular flexibility index (Phi) is 6.34. The second kappa shape index (κ2) is 9.72. The molecule has 2 aromatic carbocycles. The van der Waals surface area contributed by atoms with Crippen molar-refractivity contribution < 1.29 is 13.9 Å². The Labute approximate surface area is 204 Å². The van der Waals surface area contributed by atoms with Crippen LogP contribution in [0.25, 0.3) is 21.9 Å². The van der Waals surface area contributed by atoms with E-state index in [1.807, 2.05) is 30.3 Å². The van der Waals surface area contributed by atoms with E-state index in [9.17, 15) is 10.1 Å². The molecule has 1 amide bonds. The van der Waals surface area contributed by atoms with Crippen LogP contribution in [0.1, 0.15) is 24.0 Å². The molecule has 0 radical (unpaired) electrons. The number of fused-ring (bicyclic) bond motifs is 2. The molecule has 0 atom stereocenters. The maximum atomic E-state index is 10.9. The van der Waals surface area contributed by atoms with Crippen molar-refractivity contribution in [3.05, 3.63) is 59.8 Å². The van der Waals surface area contributed by atoms with Gasteiger partial charge < -0.3 is 24.4 Å². The Morgan fingerprint density at radius 2 is 1.94 bits per heavy atom. The van der Waals surface area contributed by atoms with Gasteiger partial charge in [0.1, 0.15) is 5.58 Å². The van der Waals surface area contributed by atoms with E-state index < -0.39 is 6.09 Å². The van der Waals surface area contributed by atoms with Gasteiger partial charge in [0, 0.05) is 67.5 Å². The van der Waals surface area contributed by atoms with E-state index in [0.717, 1.165) is 63.1 Å². The zero-order valence-electron chi connectivity index (χ0n) is 19.9. The third-order valence-electron chi connectivity index (χ3n) is 6.79. The molecule has 0 spiro atoms. The minimum atomic E-state index is -0.884. The summed E-state index contributed by atoms with van der Waals surface area (Å²) in [5.41, 5.74) is 10.1. The van der Waals surface area contributed by atoms with Gasteiger partial charge in [-0.25, -0.2) is 4.79 Å². The fourth-order valence-electron chi connectivity index (χ4n) is 4.98. The van der Waals surface area contributed by atoms with E-state index >= 15 is 0 Å². The number of hydrogen-bond donors (Lipinski definition) is 1. The highest BCUT2D eigenvalue weighted by Crippen LogP contribution is 2.29. The number of carbonyl (C=O) groups is 1. The summed E-state index contributed by atoms with van der Waals surface area (Å²) in [6.07, 6.45) is 4.62. The number of furan rings is 1. The fourth-order valence-corrected chi connectivity index (χ4v) is 4.98. The number of aromatic nitrogens is 1. The normalized spacial score (nSPS) is 14.5. The Balaban J connectivity index is 1.11. The number of carbonyl (C=O) groups excluding carboxylic acids is 1. The maximum absolute atomic E-state index is 10.9. The number of aryl methyl sites for hydroxylation is 2. The number of unbranched alkanes of at least 4 members (excludes halogenated alkanes) is 1. The summed E-state index contributed by atoms with van der Waals surface area (Å²) in [6.45, 7) is 5.08. The summed E-state index contributed by atoms with van der Waals surface area (Å²) in [6, 6.07) is 15.9. The van der Waals surface area contributed by atoms with Gasteiger partial charge in [-0.05, 0) is 67.8 Å². The Morgan fingerprint density at radius 3 is 2.71 bits per heavy atom. The first-order valence-corrected chi connectivity index (χ1v) is 12.0. The van der Waals surface area contributed by atoms with E-state index in [4.69, 9.17) is 14.9 Å². The smallest absolute Gasteiger partial charge is 0.412 e. The molecule has 1 fully saturated rings. The number of nitriles is 1. The van der Waals surface area contributed by atoms with E-state index in [0.29, 0.717) is 11.1 Å². The molecule has 1 saturated heterocycles. The number of ether oxygens (including phenoxy) is 1. The van der Waals surface area contributed by atoms with Gasteiger partial charge in [0.05, 0.1) is 11.6 Å². The molecule has 8 nitrogen and oxygen atoms in total. The van der Waals surface area contributed by atoms with Gasteiger partial charge in [-0.3, -0.25) is 4.90 Å². The van der Waals surface area contributed by atoms with Gasteiger partial charge in [0.25, 0.3) is 5.95 Å². The van der Waals surface area contributed by atoms with Crippen LogP contribution in [0.2, 0.25) is 0 Å². The predicted octanol–water partition coefficient (Wildman–Crippen LogP) is 4.40. The first-order chi connectivity index (χ1) is 17.0. The van der Waals surface area contributed by atoms with Crippen LogP contribution < -0.4 is 15.4 Å². The lowest BCUT2D eigenvalue weighted by Gasteiger charge is -2.36. The lowest BCUT2D eigenvalue weighted by Crippen LogP contribution is -2.46. The van der Waals surface area contributed by atoms with Crippen molar-refractivity contribution in [1.29, 1.82) is 5.26 Å². The van der Waals surface area contributed by atoms with Gasteiger partial charge in [-0.2, -0.15) is 5.26 Å². The molecule has 35 heavy (non-hydrogen) atoms. The second-order valence-electron chi connectivity index (χ2n) is 9.10. The van der Waals surface area contributed by atoms with Gasteiger partial charge in [-0.1, -0.05) is 0 Å². The molecule has 2 N–H and O–H groups in total. The van der Waals surface area contributed by atoms with Gasteiger partial charge in [0.15, 0.2) is 0 Å². The van der Waals surface area contributed by atoms with Crippen molar-refractivity contribution in [2.45, 2.75) is 19.3 Å². The lowest BCUT2D eigenvalue weighted by atomic mass is 10.0. The highest BCUT2D eigenvalue weighted by molar-refractivity contribution is 5.85. The molecule has 1 aliphatic rings. The molecule has 4 aromatic rings. The van der Waals surface area contributed by atoms with Crippen molar-refractivity contribution >= 4 is 33.7 Å². The second-order valence-corrected chi connectivity index (χ2v) is 9.10. The number of piperazine rings is 1. The minimum Gasteiger partial charge on any atom is -0.425 e. The zero-order valence-corrected chi connectivity index (χ0v) is 19.9. The lowest BCUT2D eigenvalue weighted by molar-refractivity contribution is 0.199. The van der Waals surface area contributed by atoms with Crippen LogP contribution in [0.4, 0.5) is 10.5 Å². The number of amides is 1. The number of nitrogens with zero attached hydrogens (tertiary/aromatic N) is 4. The first-order valence-electron chi connectivity index (χ1n) is 12.0. The maximum Gasteiger partial charge on any atom is 0.412 e. The molecule has 5 rings (SSSR count). The molecule has 2 aromatic heterocycles. The predicted molar refractivity (Wildman–Crippen MR) is 136 cm³/mol. The third-order valence-corrected chi connectivity index (χ3v) is 6.79. The summed E-state index contributed by atoms with van der Waals surface area (Å²) >= 11 is 0. The topological polar surface area (TPSA) is 101 Å². The van der Waals surface area contributed by atoms with Crippen LogP contribution >= 0.6 is 0 Å². The monoisotopic (exact) mass is 471 g/mol. The highest BCUT2D eigenvalue weighted by Gasteiger charge is 2.18. The fraction of sp³-hybridized carbons (Fsp3) is 0.333. The number of benzene rings is 2. The summed E-state index contributed by atoms with van der Waals surface area (Å²) in [7, 11) is 2.06. The molecule has 0 aliphatic carbocycles.